The second kappa shape index (κ2) is 7.94. The van der Waals surface area contributed by atoms with Crippen molar-refractivity contribution in [2.45, 2.75) is 25.0 Å². The number of aliphatic hydroxyl groups excluding tert-OH is 1. The number of carbonyl (C=O) groups is 1. The van der Waals surface area contributed by atoms with Crippen molar-refractivity contribution in [2.75, 3.05) is 13.1 Å². The van der Waals surface area contributed by atoms with E-state index in [4.69, 9.17) is 0 Å². The summed E-state index contributed by atoms with van der Waals surface area (Å²) < 4.78 is 15.1. The normalized spacial score (nSPS) is 18.1. The van der Waals surface area contributed by atoms with Crippen molar-refractivity contribution in [3.63, 3.8) is 0 Å². The number of benzene rings is 2. The van der Waals surface area contributed by atoms with Gasteiger partial charge in [-0.25, -0.2) is 9.37 Å². The van der Waals surface area contributed by atoms with Gasteiger partial charge in [-0.1, -0.05) is 30.3 Å². The van der Waals surface area contributed by atoms with Crippen molar-refractivity contribution in [2.24, 2.45) is 0 Å². The molecule has 2 atom stereocenters. The number of aliphatic hydroxyl groups is 1. The van der Waals surface area contributed by atoms with Gasteiger partial charge in [0.25, 0.3) is 5.91 Å². The number of halogens is 1. The van der Waals surface area contributed by atoms with Crippen molar-refractivity contribution in [3.05, 3.63) is 89.8 Å². The Bertz CT molecular complexity index is 940. The van der Waals surface area contributed by atoms with Gasteiger partial charge in [0, 0.05) is 24.8 Å². The van der Waals surface area contributed by atoms with Gasteiger partial charge in [0.15, 0.2) is 0 Å². The molecule has 4 rings (SSSR count). The number of aromatic nitrogens is 2. The summed E-state index contributed by atoms with van der Waals surface area (Å²) in [4.78, 5) is 18.9. The smallest absolute Gasteiger partial charge is 0.253 e. The maximum Gasteiger partial charge on any atom is 0.253 e. The average Bonchev–Trinajstić information content (AvgIpc) is 3.24. The molecule has 5 nitrogen and oxygen atoms in total. The zero-order chi connectivity index (χ0) is 19.5. The molecular formula is C22H22FN3O2. The number of nitrogens with zero attached hydrogens (tertiary/aromatic N) is 3. The highest BCUT2D eigenvalue weighted by molar-refractivity contribution is 5.94. The Morgan fingerprint density at radius 3 is 2.64 bits per heavy atom. The zero-order valence-corrected chi connectivity index (χ0v) is 15.4. The van der Waals surface area contributed by atoms with E-state index in [9.17, 15) is 14.3 Å². The number of likely N-dealkylation sites (tertiary alicyclic amines) is 1. The van der Waals surface area contributed by atoms with E-state index in [1.165, 1.54) is 24.3 Å². The van der Waals surface area contributed by atoms with Gasteiger partial charge in [0.2, 0.25) is 0 Å². The maximum absolute atomic E-state index is 13.1. The number of rotatable bonds is 4. The monoisotopic (exact) mass is 379 g/mol. The molecule has 0 saturated carbocycles. The van der Waals surface area contributed by atoms with Crippen molar-refractivity contribution >= 4 is 5.91 Å². The SMILES string of the molecule is O=C(c1ccc(F)cc1)N1CCC[C@H](n2cnc([C@H](O)c3ccccc3)c2)C1. The van der Waals surface area contributed by atoms with E-state index >= 15 is 0 Å². The molecule has 1 aliphatic heterocycles. The lowest BCUT2D eigenvalue weighted by atomic mass is 10.0. The first kappa shape index (κ1) is 18.4. The van der Waals surface area contributed by atoms with Gasteiger partial charge in [-0.3, -0.25) is 4.79 Å². The Balaban J connectivity index is 1.47. The summed E-state index contributed by atoms with van der Waals surface area (Å²) in [6.07, 6.45) is 4.62. The number of hydrogen-bond acceptors (Lipinski definition) is 3. The van der Waals surface area contributed by atoms with Gasteiger partial charge < -0.3 is 14.6 Å². The van der Waals surface area contributed by atoms with E-state index in [2.05, 4.69) is 4.98 Å². The number of amides is 1. The van der Waals surface area contributed by atoms with Crippen LogP contribution in [0.15, 0.2) is 67.1 Å². The fraction of sp³-hybridized carbons (Fsp3) is 0.273. The highest BCUT2D eigenvalue weighted by atomic mass is 19.1. The van der Waals surface area contributed by atoms with E-state index in [1.54, 1.807) is 11.2 Å². The summed E-state index contributed by atoms with van der Waals surface area (Å²) in [6, 6.07) is 15.2. The molecule has 1 aliphatic rings. The van der Waals surface area contributed by atoms with Crippen LogP contribution < -0.4 is 0 Å². The molecule has 144 valence electrons. The minimum absolute atomic E-state index is 0.0886. The quantitative estimate of drug-likeness (QED) is 0.754. The van der Waals surface area contributed by atoms with Gasteiger partial charge in [0.1, 0.15) is 11.9 Å². The Morgan fingerprint density at radius 2 is 1.89 bits per heavy atom. The summed E-state index contributed by atoms with van der Waals surface area (Å²) in [7, 11) is 0. The fourth-order valence-electron chi connectivity index (χ4n) is 3.66. The Morgan fingerprint density at radius 1 is 1.14 bits per heavy atom. The number of carbonyl (C=O) groups excluding carboxylic acids is 1. The minimum Gasteiger partial charge on any atom is -0.382 e. The molecule has 1 N–H and O–H groups in total. The molecule has 0 spiro atoms. The Hall–Kier alpha value is -2.99. The molecule has 0 bridgehead atoms. The van der Waals surface area contributed by atoms with Gasteiger partial charge >= 0.3 is 0 Å². The first-order valence-electron chi connectivity index (χ1n) is 9.43. The van der Waals surface area contributed by atoms with Crippen molar-refractivity contribution in [1.29, 1.82) is 0 Å². The zero-order valence-electron chi connectivity index (χ0n) is 15.4. The lowest BCUT2D eigenvalue weighted by molar-refractivity contribution is 0.0679. The molecule has 1 amide bonds. The van der Waals surface area contributed by atoms with Crippen LogP contribution in [0.4, 0.5) is 4.39 Å². The van der Waals surface area contributed by atoms with Crippen LogP contribution in [0.3, 0.4) is 0 Å². The van der Waals surface area contributed by atoms with Crippen LogP contribution in [-0.4, -0.2) is 38.6 Å². The lowest BCUT2D eigenvalue weighted by Crippen LogP contribution is -2.40. The van der Waals surface area contributed by atoms with E-state index in [0.29, 0.717) is 24.3 Å². The molecular weight excluding hydrogens is 357 g/mol. The van der Waals surface area contributed by atoms with E-state index in [1.807, 2.05) is 41.1 Å². The van der Waals surface area contributed by atoms with Gasteiger partial charge in [0.05, 0.1) is 18.1 Å². The first-order valence-corrected chi connectivity index (χ1v) is 9.43. The maximum atomic E-state index is 13.1. The van der Waals surface area contributed by atoms with Crippen LogP contribution in [0.1, 0.15) is 46.6 Å². The molecule has 2 aromatic carbocycles. The van der Waals surface area contributed by atoms with Crippen LogP contribution in [0.25, 0.3) is 0 Å². The highest BCUT2D eigenvalue weighted by Crippen LogP contribution is 2.26. The topological polar surface area (TPSA) is 58.4 Å². The lowest BCUT2D eigenvalue weighted by Gasteiger charge is -2.33. The molecule has 0 unspecified atom stereocenters. The van der Waals surface area contributed by atoms with Crippen LogP contribution in [-0.2, 0) is 0 Å². The molecule has 6 heteroatoms. The first-order chi connectivity index (χ1) is 13.6. The molecule has 0 radical (unpaired) electrons. The third kappa shape index (κ3) is 3.82. The molecule has 1 aromatic heterocycles. The largest absolute Gasteiger partial charge is 0.382 e. The molecule has 28 heavy (non-hydrogen) atoms. The predicted molar refractivity (Wildman–Crippen MR) is 103 cm³/mol. The van der Waals surface area contributed by atoms with E-state index in [0.717, 1.165) is 18.4 Å². The fourth-order valence-corrected chi connectivity index (χ4v) is 3.66. The van der Waals surface area contributed by atoms with Crippen LogP contribution in [0.2, 0.25) is 0 Å². The van der Waals surface area contributed by atoms with Gasteiger partial charge in [-0.2, -0.15) is 0 Å². The third-order valence-corrected chi connectivity index (χ3v) is 5.21. The summed E-state index contributed by atoms with van der Waals surface area (Å²) in [6.45, 7) is 1.24. The van der Waals surface area contributed by atoms with Gasteiger partial charge in [-0.15, -0.1) is 0 Å². The van der Waals surface area contributed by atoms with Crippen LogP contribution >= 0.6 is 0 Å². The molecule has 0 aliphatic carbocycles. The number of piperidine rings is 1. The average molecular weight is 379 g/mol. The summed E-state index contributed by atoms with van der Waals surface area (Å²) in [5.41, 5.74) is 1.88. The second-order valence-corrected chi connectivity index (χ2v) is 7.11. The Labute approximate surface area is 163 Å². The van der Waals surface area contributed by atoms with E-state index < -0.39 is 6.10 Å². The van der Waals surface area contributed by atoms with Crippen LogP contribution in [0.5, 0.6) is 0 Å². The molecule has 2 heterocycles. The summed E-state index contributed by atoms with van der Waals surface area (Å²) in [5.74, 6) is -0.439. The number of hydrogen-bond donors (Lipinski definition) is 1. The highest BCUT2D eigenvalue weighted by Gasteiger charge is 2.26. The Kier molecular flexibility index (Phi) is 5.21. The summed E-state index contributed by atoms with van der Waals surface area (Å²) in [5, 5.41) is 10.5. The van der Waals surface area contributed by atoms with Crippen LogP contribution in [0, 0.1) is 5.82 Å². The minimum atomic E-state index is -0.775. The standard InChI is InChI=1S/C22H22FN3O2/c23-18-10-8-17(9-11-18)22(28)25-12-4-7-19(13-25)26-14-20(24-15-26)21(27)16-5-2-1-3-6-16/h1-3,5-6,8-11,14-15,19,21,27H,4,7,12-13H2/t19-,21+/m0/s1. The molecule has 1 saturated heterocycles. The molecule has 3 aromatic rings. The molecule has 1 fully saturated rings. The third-order valence-electron chi connectivity index (χ3n) is 5.21. The summed E-state index contributed by atoms with van der Waals surface area (Å²) >= 11 is 0. The number of imidazole rings is 1. The van der Waals surface area contributed by atoms with Gasteiger partial charge in [-0.05, 0) is 42.7 Å². The second-order valence-electron chi connectivity index (χ2n) is 7.11. The van der Waals surface area contributed by atoms with E-state index in [-0.39, 0.29) is 17.8 Å². The van der Waals surface area contributed by atoms with Crippen molar-refractivity contribution in [1.82, 2.24) is 14.5 Å². The predicted octanol–water partition coefficient (Wildman–Crippen LogP) is 3.58. The van der Waals surface area contributed by atoms with Crippen molar-refractivity contribution in [3.8, 4) is 0 Å². The van der Waals surface area contributed by atoms with Crippen molar-refractivity contribution < 1.29 is 14.3 Å².